The number of carbonyl (C=O) groups excluding carboxylic acids is 1. The fraction of sp³-hybridized carbons (Fsp3) is 0.222. The van der Waals surface area contributed by atoms with Gasteiger partial charge in [-0.1, -0.05) is 12.1 Å². The van der Waals surface area contributed by atoms with Crippen molar-refractivity contribution in [2.75, 3.05) is 12.3 Å². The van der Waals surface area contributed by atoms with Crippen molar-refractivity contribution >= 4 is 11.6 Å². The van der Waals surface area contributed by atoms with Gasteiger partial charge in [0.2, 0.25) is 5.91 Å². The van der Waals surface area contributed by atoms with E-state index in [1.807, 2.05) is 12.1 Å². The molecule has 4 nitrogen and oxygen atoms in total. The Kier molecular flexibility index (Phi) is 3.28. The minimum Gasteiger partial charge on any atom is -0.399 e. The zero-order valence-electron chi connectivity index (χ0n) is 7.29. The van der Waals surface area contributed by atoms with E-state index in [2.05, 4.69) is 5.32 Å². The highest BCUT2D eigenvalue weighted by Crippen LogP contribution is 2.04. The van der Waals surface area contributed by atoms with E-state index in [-0.39, 0.29) is 12.5 Å². The number of hydrogen-bond acceptors (Lipinski definition) is 3. The molecule has 0 radical (unpaired) electrons. The molecule has 0 saturated heterocycles. The van der Waals surface area contributed by atoms with Crippen molar-refractivity contribution in [1.82, 2.24) is 5.32 Å². The van der Waals surface area contributed by atoms with Crippen molar-refractivity contribution in [3.63, 3.8) is 0 Å². The summed E-state index contributed by atoms with van der Waals surface area (Å²) in [5.41, 5.74) is 12.4. The van der Waals surface area contributed by atoms with Gasteiger partial charge in [-0.15, -0.1) is 0 Å². The molecule has 1 aromatic rings. The molecular formula is C9H13N3O. The van der Waals surface area contributed by atoms with Crippen LogP contribution in [0.25, 0.3) is 0 Å². The Balaban J connectivity index is 2.46. The zero-order valence-corrected chi connectivity index (χ0v) is 7.29. The van der Waals surface area contributed by atoms with Crippen molar-refractivity contribution in [2.24, 2.45) is 5.73 Å². The van der Waals surface area contributed by atoms with E-state index in [0.717, 1.165) is 5.56 Å². The summed E-state index contributed by atoms with van der Waals surface area (Å²) in [6.07, 6.45) is 0. The summed E-state index contributed by atoms with van der Waals surface area (Å²) >= 11 is 0. The van der Waals surface area contributed by atoms with Gasteiger partial charge in [-0.2, -0.15) is 0 Å². The first-order valence-electron chi connectivity index (χ1n) is 4.03. The van der Waals surface area contributed by atoms with E-state index >= 15 is 0 Å². The molecule has 13 heavy (non-hydrogen) atoms. The second kappa shape index (κ2) is 4.47. The lowest BCUT2D eigenvalue weighted by Gasteiger charge is -2.03. The maximum atomic E-state index is 10.8. The topological polar surface area (TPSA) is 81.1 Å². The van der Waals surface area contributed by atoms with Crippen LogP contribution in [0.2, 0.25) is 0 Å². The fourth-order valence-electron chi connectivity index (χ4n) is 0.908. The third-order valence-electron chi connectivity index (χ3n) is 1.65. The lowest BCUT2D eigenvalue weighted by molar-refractivity contribution is -0.119. The molecule has 0 aliphatic carbocycles. The van der Waals surface area contributed by atoms with Gasteiger partial charge in [-0.3, -0.25) is 4.79 Å². The van der Waals surface area contributed by atoms with Gasteiger partial charge in [0.05, 0.1) is 6.54 Å². The molecular weight excluding hydrogens is 166 g/mol. The second-order valence-electron chi connectivity index (χ2n) is 2.72. The molecule has 0 atom stereocenters. The van der Waals surface area contributed by atoms with E-state index in [9.17, 15) is 4.79 Å². The van der Waals surface area contributed by atoms with Gasteiger partial charge in [0.15, 0.2) is 0 Å². The number of hydrogen-bond donors (Lipinski definition) is 3. The van der Waals surface area contributed by atoms with Crippen LogP contribution in [0.15, 0.2) is 24.3 Å². The SMILES string of the molecule is NCC(=O)NCc1ccc(N)cc1. The summed E-state index contributed by atoms with van der Waals surface area (Å²) in [6.45, 7) is 0.519. The molecule has 0 aromatic heterocycles. The average Bonchev–Trinajstić information content (AvgIpc) is 2.16. The Morgan fingerprint density at radius 3 is 2.46 bits per heavy atom. The molecule has 70 valence electrons. The van der Waals surface area contributed by atoms with Gasteiger partial charge in [-0.25, -0.2) is 0 Å². The van der Waals surface area contributed by atoms with Gasteiger partial charge in [-0.05, 0) is 17.7 Å². The predicted octanol–water partition coefficient (Wildman–Crippen LogP) is -0.156. The normalized spacial score (nSPS) is 9.62. The number of amides is 1. The summed E-state index contributed by atoms with van der Waals surface area (Å²) in [4.78, 5) is 10.8. The predicted molar refractivity (Wildman–Crippen MR) is 51.8 cm³/mol. The molecule has 0 unspecified atom stereocenters. The minimum atomic E-state index is -0.156. The summed E-state index contributed by atoms with van der Waals surface area (Å²) in [5, 5.41) is 2.66. The maximum Gasteiger partial charge on any atom is 0.234 e. The molecule has 5 N–H and O–H groups in total. The van der Waals surface area contributed by atoms with Crippen molar-refractivity contribution in [3.05, 3.63) is 29.8 Å². The molecule has 0 aliphatic heterocycles. The number of nitrogens with two attached hydrogens (primary N) is 2. The summed E-state index contributed by atoms with van der Waals surface area (Å²) in [5.74, 6) is -0.156. The smallest absolute Gasteiger partial charge is 0.234 e. The average molecular weight is 179 g/mol. The Morgan fingerprint density at radius 2 is 1.92 bits per heavy atom. The first-order valence-corrected chi connectivity index (χ1v) is 4.03. The lowest BCUT2D eigenvalue weighted by Crippen LogP contribution is -2.29. The highest BCUT2D eigenvalue weighted by Gasteiger charge is 1.96. The van der Waals surface area contributed by atoms with Crippen LogP contribution in [0, 0.1) is 0 Å². The Bertz CT molecular complexity index is 281. The molecule has 0 fully saturated rings. The molecule has 1 aromatic carbocycles. The largest absolute Gasteiger partial charge is 0.399 e. The van der Waals surface area contributed by atoms with Crippen LogP contribution >= 0.6 is 0 Å². The van der Waals surface area contributed by atoms with Crippen LogP contribution in [-0.4, -0.2) is 12.5 Å². The van der Waals surface area contributed by atoms with Crippen LogP contribution in [-0.2, 0) is 11.3 Å². The van der Waals surface area contributed by atoms with Gasteiger partial charge in [0, 0.05) is 12.2 Å². The molecule has 0 bridgehead atoms. The molecule has 1 rings (SSSR count). The fourth-order valence-corrected chi connectivity index (χ4v) is 0.908. The van der Waals surface area contributed by atoms with Crippen LogP contribution in [0.3, 0.4) is 0 Å². The Morgan fingerprint density at radius 1 is 1.31 bits per heavy atom. The number of benzene rings is 1. The third kappa shape index (κ3) is 3.13. The number of nitrogens with one attached hydrogen (secondary N) is 1. The van der Waals surface area contributed by atoms with Crippen molar-refractivity contribution < 1.29 is 4.79 Å². The third-order valence-corrected chi connectivity index (χ3v) is 1.65. The molecule has 0 spiro atoms. The summed E-state index contributed by atoms with van der Waals surface area (Å²) in [6, 6.07) is 7.33. The van der Waals surface area contributed by atoms with E-state index in [4.69, 9.17) is 11.5 Å². The lowest BCUT2D eigenvalue weighted by atomic mass is 10.2. The molecule has 0 saturated carbocycles. The van der Waals surface area contributed by atoms with E-state index in [1.165, 1.54) is 0 Å². The van der Waals surface area contributed by atoms with Gasteiger partial charge in [0.25, 0.3) is 0 Å². The highest BCUT2D eigenvalue weighted by molar-refractivity contribution is 5.77. The van der Waals surface area contributed by atoms with Crippen molar-refractivity contribution in [1.29, 1.82) is 0 Å². The summed E-state index contributed by atoms with van der Waals surface area (Å²) < 4.78 is 0. The van der Waals surface area contributed by atoms with Gasteiger partial charge >= 0.3 is 0 Å². The maximum absolute atomic E-state index is 10.8. The van der Waals surface area contributed by atoms with E-state index < -0.39 is 0 Å². The quantitative estimate of drug-likeness (QED) is 0.564. The number of anilines is 1. The van der Waals surface area contributed by atoms with Gasteiger partial charge in [0.1, 0.15) is 0 Å². The van der Waals surface area contributed by atoms with Crippen LogP contribution in [0.5, 0.6) is 0 Å². The first-order chi connectivity index (χ1) is 6.22. The zero-order chi connectivity index (χ0) is 9.68. The van der Waals surface area contributed by atoms with Crippen LogP contribution in [0.4, 0.5) is 5.69 Å². The Labute approximate surface area is 76.9 Å². The van der Waals surface area contributed by atoms with E-state index in [0.29, 0.717) is 12.2 Å². The molecule has 4 heteroatoms. The number of carbonyl (C=O) groups is 1. The summed E-state index contributed by atoms with van der Waals surface area (Å²) in [7, 11) is 0. The number of rotatable bonds is 3. The molecule has 0 heterocycles. The van der Waals surface area contributed by atoms with Crippen LogP contribution < -0.4 is 16.8 Å². The van der Waals surface area contributed by atoms with Crippen molar-refractivity contribution in [2.45, 2.75) is 6.54 Å². The molecule has 0 aliphatic rings. The van der Waals surface area contributed by atoms with E-state index in [1.54, 1.807) is 12.1 Å². The Hall–Kier alpha value is -1.55. The molecule has 1 amide bonds. The highest BCUT2D eigenvalue weighted by atomic mass is 16.1. The second-order valence-corrected chi connectivity index (χ2v) is 2.72. The van der Waals surface area contributed by atoms with Crippen LogP contribution in [0.1, 0.15) is 5.56 Å². The minimum absolute atomic E-state index is 0.0228. The standard InChI is InChI=1S/C9H13N3O/c10-5-9(13)12-6-7-1-3-8(11)4-2-7/h1-4H,5-6,10-11H2,(H,12,13). The van der Waals surface area contributed by atoms with Crippen molar-refractivity contribution in [3.8, 4) is 0 Å². The first kappa shape index (κ1) is 9.54. The van der Waals surface area contributed by atoms with Gasteiger partial charge < -0.3 is 16.8 Å². The monoisotopic (exact) mass is 179 g/mol. The number of nitrogen functional groups attached to an aromatic ring is 1.